The molecule has 0 aliphatic rings. The molecular weight excluding hydrogens is 216 g/mol. The molecule has 0 rings (SSSR count). The normalized spacial score (nSPS) is 9.50. The number of carboxylic acid groups (broad SMARTS) is 1. The van der Waals surface area contributed by atoms with Crippen molar-refractivity contribution in [2.24, 2.45) is 0 Å². The number of carboxylic acids is 1. The lowest BCUT2D eigenvalue weighted by molar-refractivity contribution is -0.151. The van der Waals surface area contributed by atoms with Crippen LogP contribution in [0.5, 0.6) is 0 Å². The molecule has 0 aliphatic carbocycles. The first-order chi connectivity index (χ1) is 7.57. The van der Waals surface area contributed by atoms with Gasteiger partial charge in [-0.2, -0.15) is 0 Å². The van der Waals surface area contributed by atoms with E-state index in [4.69, 9.17) is 9.84 Å². The predicted molar refractivity (Wildman–Crippen MR) is 53.9 cm³/mol. The summed E-state index contributed by atoms with van der Waals surface area (Å²) >= 11 is 0. The summed E-state index contributed by atoms with van der Waals surface area (Å²) in [7, 11) is 0. The van der Waals surface area contributed by atoms with Gasteiger partial charge in [-0.3, -0.25) is 9.59 Å². The highest BCUT2D eigenvalue weighted by Gasteiger charge is 2.13. The molecule has 0 saturated carbocycles. The molecule has 0 atom stereocenters. The summed E-state index contributed by atoms with van der Waals surface area (Å²) in [4.78, 5) is 31.7. The third-order valence-electron chi connectivity index (χ3n) is 1.52. The maximum atomic E-state index is 11.0. The maximum Gasteiger partial charge on any atom is 0.372 e. The van der Waals surface area contributed by atoms with E-state index in [0.29, 0.717) is 6.61 Å². The summed E-state index contributed by atoms with van der Waals surface area (Å²) in [5.74, 6) is -3.15. The van der Waals surface area contributed by atoms with Crippen molar-refractivity contribution < 1.29 is 29.0 Å². The molecule has 0 amide bonds. The van der Waals surface area contributed by atoms with Crippen molar-refractivity contribution in [3.8, 4) is 0 Å². The first-order valence-corrected chi connectivity index (χ1v) is 4.68. The number of hydrogen-bond donors (Lipinski definition) is 1. The fourth-order valence-corrected chi connectivity index (χ4v) is 0.776. The molecular formula is C10H14O6. The Morgan fingerprint density at radius 2 is 1.88 bits per heavy atom. The first kappa shape index (κ1) is 14.3. The van der Waals surface area contributed by atoms with E-state index in [-0.39, 0.29) is 26.1 Å². The van der Waals surface area contributed by atoms with E-state index in [0.717, 1.165) is 0 Å². The van der Waals surface area contributed by atoms with Gasteiger partial charge < -0.3 is 14.6 Å². The van der Waals surface area contributed by atoms with Gasteiger partial charge in [0.2, 0.25) is 5.78 Å². The quantitative estimate of drug-likeness (QED) is 0.263. The lowest BCUT2D eigenvalue weighted by atomic mass is 10.2. The summed E-state index contributed by atoms with van der Waals surface area (Å²) in [6.45, 7) is 4.12. The number of esters is 1. The molecule has 0 aliphatic heterocycles. The van der Waals surface area contributed by atoms with Gasteiger partial charge in [-0.1, -0.05) is 6.08 Å². The van der Waals surface area contributed by atoms with Crippen LogP contribution in [0.2, 0.25) is 0 Å². The number of carbonyl (C=O) groups excluding carboxylic acids is 2. The van der Waals surface area contributed by atoms with Gasteiger partial charge in [0.1, 0.15) is 6.61 Å². The van der Waals surface area contributed by atoms with Crippen LogP contribution in [0.3, 0.4) is 0 Å². The number of rotatable bonds is 9. The summed E-state index contributed by atoms with van der Waals surface area (Å²) in [5, 5.41) is 8.24. The summed E-state index contributed by atoms with van der Waals surface area (Å²) in [5.41, 5.74) is 0. The third kappa shape index (κ3) is 7.69. The lowest BCUT2D eigenvalue weighted by Gasteiger charge is -2.03. The zero-order valence-corrected chi connectivity index (χ0v) is 8.81. The third-order valence-corrected chi connectivity index (χ3v) is 1.52. The molecule has 6 heteroatoms. The average molecular weight is 230 g/mol. The largest absolute Gasteiger partial charge is 0.476 e. The van der Waals surface area contributed by atoms with Gasteiger partial charge in [-0.15, -0.1) is 6.58 Å². The minimum atomic E-state index is -1.54. The van der Waals surface area contributed by atoms with E-state index in [1.165, 1.54) is 0 Å². The molecule has 0 aromatic heterocycles. The van der Waals surface area contributed by atoms with Crippen molar-refractivity contribution >= 4 is 17.7 Å². The SMILES string of the molecule is C=CCOCCOC(=O)CCC(=O)C(=O)O. The second-order valence-corrected chi connectivity index (χ2v) is 2.81. The number of Topliss-reactive ketones (excluding diaryl/α,β-unsaturated/α-hetero) is 1. The highest BCUT2D eigenvalue weighted by molar-refractivity contribution is 6.32. The number of aliphatic carboxylic acids is 1. The van der Waals surface area contributed by atoms with Crippen molar-refractivity contribution in [1.29, 1.82) is 0 Å². The van der Waals surface area contributed by atoms with Gasteiger partial charge in [0, 0.05) is 6.42 Å². The molecule has 0 aromatic rings. The van der Waals surface area contributed by atoms with E-state index in [9.17, 15) is 14.4 Å². The van der Waals surface area contributed by atoms with Gasteiger partial charge in [-0.05, 0) is 0 Å². The van der Waals surface area contributed by atoms with Crippen molar-refractivity contribution in [3.05, 3.63) is 12.7 Å². The van der Waals surface area contributed by atoms with Crippen LogP contribution in [0.1, 0.15) is 12.8 Å². The number of ether oxygens (including phenoxy) is 2. The summed E-state index contributed by atoms with van der Waals surface area (Å²) in [6, 6.07) is 0. The topological polar surface area (TPSA) is 89.9 Å². The molecule has 0 unspecified atom stereocenters. The Morgan fingerprint density at radius 1 is 1.19 bits per heavy atom. The van der Waals surface area contributed by atoms with Gasteiger partial charge in [0.25, 0.3) is 0 Å². The zero-order chi connectivity index (χ0) is 12.4. The predicted octanol–water partition coefficient (Wildman–Crippen LogP) is 0.166. The zero-order valence-electron chi connectivity index (χ0n) is 8.81. The molecule has 0 heterocycles. The van der Waals surface area contributed by atoms with Crippen molar-refractivity contribution in [2.75, 3.05) is 19.8 Å². The van der Waals surface area contributed by atoms with Gasteiger partial charge in [0.05, 0.1) is 19.6 Å². The Hall–Kier alpha value is -1.69. The van der Waals surface area contributed by atoms with E-state index in [1.54, 1.807) is 6.08 Å². The van der Waals surface area contributed by atoms with Crippen molar-refractivity contribution in [1.82, 2.24) is 0 Å². The molecule has 1 N–H and O–H groups in total. The average Bonchev–Trinajstić information content (AvgIpc) is 2.25. The van der Waals surface area contributed by atoms with Gasteiger partial charge in [-0.25, -0.2) is 4.79 Å². The van der Waals surface area contributed by atoms with Crippen LogP contribution in [0.25, 0.3) is 0 Å². The molecule has 0 radical (unpaired) electrons. The lowest BCUT2D eigenvalue weighted by Crippen LogP contribution is -2.16. The second-order valence-electron chi connectivity index (χ2n) is 2.81. The molecule has 6 nitrogen and oxygen atoms in total. The van der Waals surface area contributed by atoms with Crippen LogP contribution < -0.4 is 0 Å². The van der Waals surface area contributed by atoms with E-state index < -0.39 is 17.7 Å². The monoisotopic (exact) mass is 230 g/mol. The van der Waals surface area contributed by atoms with E-state index in [2.05, 4.69) is 11.3 Å². The summed E-state index contributed by atoms with van der Waals surface area (Å²) in [6.07, 6.45) is 0.988. The summed E-state index contributed by atoms with van der Waals surface area (Å²) < 4.78 is 9.62. The van der Waals surface area contributed by atoms with Crippen LogP contribution in [-0.2, 0) is 23.9 Å². The highest BCUT2D eigenvalue weighted by atomic mass is 16.6. The molecule has 16 heavy (non-hydrogen) atoms. The smallest absolute Gasteiger partial charge is 0.372 e. The number of hydrogen-bond acceptors (Lipinski definition) is 5. The van der Waals surface area contributed by atoms with Gasteiger partial charge in [0.15, 0.2) is 0 Å². The van der Waals surface area contributed by atoms with E-state index in [1.807, 2.05) is 0 Å². The van der Waals surface area contributed by atoms with Gasteiger partial charge >= 0.3 is 11.9 Å². The van der Waals surface area contributed by atoms with Crippen molar-refractivity contribution in [2.45, 2.75) is 12.8 Å². The Morgan fingerprint density at radius 3 is 2.44 bits per heavy atom. The first-order valence-electron chi connectivity index (χ1n) is 4.68. The van der Waals surface area contributed by atoms with E-state index >= 15 is 0 Å². The number of ketones is 1. The Labute approximate surface area is 92.8 Å². The highest BCUT2D eigenvalue weighted by Crippen LogP contribution is 1.94. The fraction of sp³-hybridized carbons (Fsp3) is 0.500. The Bertz CT molecular complexity index is 270. The molecule has 0 aromatic carbocycles. The molecule has 0 saturated heterocycles. The Kier molecular flexibility index (Phi) is 7.70. The Balaban J connectivity index is 3.48. The maximum absolute atomic E-state index is 11.0. The minimum Gasteiger partial charge on any atom is -0.476 e. The molecule has 0 fully saturated rings. The van der Waals surface area contributed by atoms with Crippen molar-refractivity contribution in [3.63, 3.8) is 0 Å². The second kappa shape index (κ2) is 8.60. The van der Waals surface area contributed by atoms with Crippen LogP contribution >= 0.6 is 0 Å². The molecule has 90 valence electrons. The van der Waals surface area contributed by atoms with Crippen LogP contribution in [-0.4, -0.2) is 42.6 Å². The standard InChI is InChI=1S/C10H14O6/c1-2-5-15-6-7-16-9(12)4-3-8(11)10(13)14/h2H,1,3-7H2,(H,13,14). The van der Waals surface area contributed by atoms with Crippen LogP contribution in [0.4, 0.5) is 0 Å². The van der Waals surface area contributed by atoms with Crippen LogP contribution in [0, 0.1) is 0 Å². The fourth-order valence-electron chi connectivity index (χ4n) is 0.776. The number of carbonyl (C=O) groups is 3. The molecule has 0 spiro atoms. The van der Waals surface area contributed by atoms with Crippen LogP contribution in [0.15, 0.2) is 12.7 Å². The minimum absolute atomic E-state index is 0.0773. The molecule has 0 bridgehead atoms.